The molecule has 3 saturated heterocycles. The van der Waals surface area contributed by atoms with E-state index in [4.69, 9.17) is 0 Å². The molecule has 0 unspecified atom stereocenters. The van der Waals surface area contributed by atoms with E-state index in [1.165, 1.54) is 38.1 Å². The third-order valence-electron chi connectivity index (χ3n) is 5.41. The molecule has 1 N–H and O–H groups in total. The van der Waals surface area contributed by atoms with Gasteiger partial charge in [-0.25, -0.2) is 4.39 Å². The maximum absolute atomic E-state index is 12.9. The highest BCUT2D eigenvalue weighted by atomic mass is 35.5. The first-order valence-electron chi connectivity index (χ1n) is 7.71. The third-order valence-corrected chi connectivity index (χ3v) is 5.41. The maximum Gasteiger partial charge on any atom is 0.123 e. The van der Waals surface area contributed by atoms with Crippen molar-refractivity contribution in [2.24, 2.45) is 11.8 Å². The molecule has 0 spiro atoms. The molecule has 122 valence electrons. The van der Waals surface area contributed by atoms with Crippen molar-refractivity contribution < 1.29 is 4.39 Å². The van der Waals surface area contributed by atoms with Crippen molar-refractivity contribution in [2.45, 2.75) is 24.9 Å². The lowest BCUT2D eigenvalue weighted by Gasteiger charge is -2.22. The molecule has 1 aromatic rings. The van der Waals surface area contributed by atoms with Crippen LogP contribution in [0.2, 0.25) is 0 Å². The zero-order valence-corrected chi connectivity index (χ0v) is 14.1. The number of hydrogen-bond donors (Lipinski definition) is 1. The number of hydrogen-bond acceptors (Lipinski definition) is 2. The summed E-state index contributed by atoms with van der Waals surface area (Å²) in [5.41, 5.74) is 1.08. The number of fused-ring (bicyclic) bond motifs is 5. The van der Waals surface area contributed by atoms with Gasteiger partial charge in [-0.15, -0.1) is 24.8 Å². The van der Waals surface area contributed by atoms with Crippen molar-refractivity contribution in [1.82, 2.24) is 10.2 Å². The van der Waals surface area contributed by atoms with Crippen LogP contribution in [0.5, 0.6) is 0 Å². The van der Waals surface area contributed by atoms with E-state index < -0.39 is 0 Å². The van der Waals surface area contributed by atoms with E-state index in [0.717, 1.165) is 36.0 Å². The molecule has 0 amide bonds. The van der Waals surface area contributed by atoms with Crippen LogP contribution in [0.4, 0.5) is 4.39 Å². The lowest BCUT2D eigenvalue weighted by Crippen LogP contribution is -2.34. The molecular weight excluding hydrogens is 322 g/mol. The molecule has 2 bridgehead atoms. The van der Waals surface area contributed by atoms with Gasteiger partial charge in [-0.3, -0.25) is 4.90 Å². The van der Waals surface area contributed by atoms with Crippen molar-refractivity contribution in [3.8, 4) is 0 Å². The fourth-order valence-electron chi connectivity index (χ4n) is 4.56. The van der Waals surface area contributed by atoms with Crippen molar-refractivity contribution >= 4 is 30.9 Å². The van der Waals surface area contributed by atoms with Crippen LogP contribution in [0, 0.1) is 17.7 Å². The Balaban J connectivity index is 0.000000882. The summed E-state index contributed by atoms with van der Waals surface area (Å²) in [6, 6.07) is 8.30. The van der Waals surface area contributed by atoms with Crippen LogP contribution in [-0.2, 0) is 0 Å². The molecule has 0 aliphatic carbocycles. The molecule has 5 heteroatoms. The minimum atomic E-state index is -0.167. The van der Waals surface area contributed by atoms with Crippen molar-refractivity contribution in [1.29, 1.82) is 0 Å². The molecule has 0 aromatic heterocycles. The first-order valence-corrected chi connectivity index (χ1v) is 7.71. The zero-order valence-electron chi connectivity index (χ0n) is 12.5. The Morgan fingerprint density at radius 2 is 1.64 bits per heavy atom. The second-order valence-electron chi connectivity index (χ2n) is 6.35. The average molecular weight is 345 g/mol. The van der Waals surface area contributed by atoms with Gasteiger partial charge in [-0.05, 0) is 55.5 Å². The molecule has 4 atom stereocenters. The second-order valence-corrected chi connectivity index (χ2v) is 6.35. The fraction of sp³-hybridized carbons (Fsp3) is 0.529. The van der Waals surface area contributed by atoms with Gasteiger partial charge >= 0.3 is 0 Å². The predicted octanol–water partition coefficient (Wildman–Crippen LogP) is 3.36. The quantitative estimate of drug-likeness (QED) is 0.904. The molecule has 0 radical (unpaired) electrons. The van der Waals surface area contributed by atoms with E-state index in [2.05, 4.69) is 22.4 Å². The molecule has 3 fully saturated rings. The Kier molecular flexibility index (Phi) is 5.89. The summed E-state index contributed by atoms with van der Waals surface area (Å²) in [5, 5.41) is 3.55. The van der Waals surface area contributed by atoms with Gasteiger partial charge in [0.15, 0.2) is 0 Å². The molecule has 22 heavy (non-hydrogen) atoms. The Morgan fingerprint density at radius 3 is 2.23 bits per heavy atom. The molecule has 0 saturated carbocycles. The highest BCUT2D eigenvalue weighted by molar-refractivity contribution is 5.85. The minimum Gasteiger partial charge on any atom is -0.316 e. The largest absolute Gasteiger partial charge is 0.316 e. The monoisotopic (exact) mass is 344 g/mol. The van der Waals surface area contributed by atoms with Crippen LogP contribution in [0.3, 0.4) is 0 Å². The zero-order chi connectivity index (χ0) is 13.5. The SMILES string of the molecule is Cl.Cl.Fc1ccc(/C=C/CN2[C@@H]3CC[C@H]2[C@H]2CNC[C@H]23)cc1. The fourth-order valence-corrected chi connectivity index (χ4v) is 4.56. The van der Waals surface area contributed by atoms with E-state index in [0.29, 0.717) is 0 Å². The van der Waals surface area contributed by atoms with Crippen LogP contribution in [0.15, 0.2) is 30.3 Å². The molecule has 1 aromatic carbocycles. The first-order chi connectivity index (χ1) is 9.83. The van der Waals surface area contributed by atoms with Gasteiger partial charge in [0.05, 0.1) is 0 Å². The topological polar surface area (TPSA) is 15.3 Å². The Hall–Kier alpha value is -0.610. The van der Waals surface area contributed by atoms with Gasteiger partial charge in [0, 0.05) is 18.6 Å². The summed E-state index contributed by atoms with van der Waals surface area (Å²) in [5.74, 6) is 1.60. The van der Waals surface area contributed by atoms with Crippen LogP contribution in [0.25, 0.3) is 6.08 Å². The number of nitrogens with zero attached hydrogens (tertiary/aromatic N) is 1. The predicted molar refractivity (Wildman–Crippen MR) is 93.3 cm³/mol. The Bertz CT molecular complexity index is 502. The summed E-state index contributed by atoms with van der Waals surface area (Å²) in [6.07, 6.45) is 7.11. The van der Waals surface area contributed by atoms with E-state index in [-0.39, 0.29) is 30.6 Å². The van der Waals surface area contributed by atoms with Gasteiger partial charge in [0.2, 0.25) is 0 Å². The lowest BCUT2D eigenvalue weighted by molar-refractivity contribution is 0.253. The van der Waals surface area contributed by atoms with E-state index in [9.17, 15) is 4.39 Å². The highest BCUT2D eigenvalue weighted by Crippen LogP contribution is 2.47. The van der Waals surface area contributed by atoms with Gasteiger partial charge in [-0.1, -0.05) is 24.3 Å². The molecule has 3 heterocycles. The van der Waals surface area contributed by atoms with Crippen LogP contribution in [0.1, 0.15) is 18.4 Å². The molecular formula is C17H23Cl2FN2. The van der Waals surface area contributed by atoms with E-state index in [1.807, 2.05) is 12.1 Å². The second kappa shape index (κ2) is 7.31. The summed E-state index contributed by atoms with van der Waals surface area (Å²) in [4.78, 5) is 2.70. The average Bonchev–Trinajstić information content (AvgIpc) is 3.13. The van der Waals surface area contributed by atoms with Crippen molar-refractivity contribution in [2.75, 3.05) is 19.6 Å². The van der Waals surface area contributed by atoms with E-state index in [1.54, 1.807) is 0 Å². The molecule has 4 rings (SSSR count). The van der Waals surface area contributed by atoms with Crippen LogP contribution >= 0.6 is 24.8 Å². The van der Waals surface area contributed by atoms with Crippen molar-refractivity contribution in [3.63, 3.8) is 0 Å². The van der Waals surface area contributed by atoms with Crippen LogP contribution < -0.4 is 5.32 Å². The highest BCUT2D eigenvalue weighted by Gasteiger charge is 2.53. The van der Waals surface area contributed by atoms with Crippen molar-refractivity contribution in [3.05, 3.63) is 41.7 Å². The van der Waals surface area contributed by atoms with Gasteiger partial charge in [0.1, 0.15) is 5.82 Å². The lowest BCUT2D eigenvalue weighted by atomic mass is 9.82. The minimum absolute atomic E-state index is 0. The van der Waals surface area contributed by atoms with E-state index >= 15 is 0 Å². The smallest absolute Gasteiger partial charge is 0.123 e. The van der Waals surface area contributed by atoms with Gasteiger partial charge in [0.25, 0.3) is 0 Å². The summed E-state index contributed by atoms with van der Waals surface area (Å²) in [7, 11) is 0. The Labute approximate surface area is 144 Å². The Morgan fingerprint density at radius 1 is 1.05 bits per heavy atom. The third kappa shape index (κ3) is 3.05. The number of nitrogens with one attached hydrogen (secondary N) is 1. The summed E-state index contributed by atoms with van der Waals surface area (Å²) >= 11 is 0. The summed E-state index contributed by atoms with van der Waals surface area (Å²) in [6.45, 7) is 3.47. The molecule has 2 nitrogen and oxygen atoms in total. The van der Waals surface area contributed by atoms with Gasteiger partial charge < -0.3 is 5.32 Å². The number of halogens is 3. The number of benzene rings is 1. The standard InChI is InChI=1S/C17H21FN2.2ClH/c18-13-5-3-12(4-6-13)2-1-9-20-16-7-8-17(20)15-11-19-10-14(15)16;;/h1-6,14-17,19H,7-11H2;2*1H/b2-1+;;/t14-,15+,16-,17+;;. The number of rotatable bonds is 3. The van der Waals surface area contributed by atoms with Crippen LogP contribution in [-0.4, -0.2) is 36.6 Å². The molecule has 3 aliphatic heterocycles. The van der Waals surface area contributed by atoms with Gasteiger partial charge in [-0.2, -0.15) is 0 Å². The normalized spacial score (nSPS) is 32.8. The maximum atomic E-state index is 12.9. The first kappa shape index (κ1) is 17.7. The summed E-state index contributed by atoms with van der Waals surface area (Å²) < 4.78 is 12.9. The molecule has 3 aliphatic rings.